The summed E-state index contributed by atoms with van der Waals surface area (Å²) in [6.07, 6.45) is 6.27. The zero-order chi connectivity index (χ0) is 9.10. The molecule has 80 valence electrons. The maximum Gasteiger partial charge on any atom is 0.138 e. The van der Waals surface area contributed by atoms with Gasteiger partial charge in [0.15, 0.2) is 0 Å². The smallest absolute Gasteiger partial charge is 0.138 e. The Kier molecular flexibility index (Phi) is 4.79. The molecule has 15 heavy (non-hydrogen) atoms. The lowest BCUT2D eigenvalue weighted by Crippen LogP contribution is -2.09. The Balaban J connectivity index is 0.000000980. The summed E-state index contributed by atoms with van der Waals surface area (Å²) >= 11 is 0. The lowest BCUT2D eigenvalue weighted by atomic mass is 10.2. The van der Waals surface area contributed by atoms with Crippen molar-refractivity contribution in [1.29, 1.82) is 5.41 Å². The van der Waals surface area contributed by atoms with Crippen LogP contribution in [0.25, 0.3) is 0 Å². The fraction of sp³-hybridized carbons (Fsp3) is 0. The van der Waals surface area contributed by atoms with Crippen LogP contribution < -0.4 is 0 Å². The van der Waals surface area contributed by atoms with E-state index in [0.29, 0.717) is 5.84 Å². The average Bonchev–Trinajstić information content (AvgIpc) is 2.71. The van der Waals surface area contributed by atoms with Gasteiger partial charge in [-0.15, -0.1) is 10.2 Å². The number of hydrogen-bond acceptors (Lipinski definition) is 4. The van der Waals surface area contributed by atoms with Gasteiger partial charge in [-0.05, 0) is 12.1 Å². The van der Waals surface area contributed by atoms with E-state index in [9.17, 15) is 0 Å². The highest BCUT2D eigenvalue weighted by molar-refractivity contribution is 5.97. The minimum absolute atomic E-state index is 0. The molecule has 7 nitrogen and oxygen atoms in total. The first kappa shape index (κ1) is 12.9. The molecule has 0 saturated carbocycles. The minimum Gasteiger partial charge on any atom is -0.412 e. The van der Waals surface area contributed by atoms with E-state index in [2.05, 4.69) is 15.2 Å². The molecular formula is C8H11N5O2. The summed E-state index contributed by atoms with van der Waals surface area (Å²) in [5.41, 5.74) is 0.787. The molecule has 0 unspecified atom stereocenters. The van der Waals surface area contributed by atoms with Crippen molar-refractivity contribution in [2.75, 3.05) is 0 Å². The Bertz CT molecular complexity index is 400. The van der Waals surface area contributed by atoms with Crippen LogP contribution in [-0.2, 0) is 0 Å². The molecule has 0 amide bonds. The van der Waals surface area contributed by atoms with Gasteiger partial charge in [0.25, 0.3) is 0 Å². The van der Waals surface area contributed by atoms with Crippen LogP contribution in [0.3, 0.4) is 0 Å². The molecule has 2 rings (SSSR count). The lowest BCUT2D eigenvalue weighted by Gasteiger charge is -2.01. The highest BCUT2D eigenvalue weighted by Crippen LogP contribution is 1.99. The Morgan fingerprint density at radius 2 is 1.60 bits per heavy atom. The molecule has 0 atom stereocenters. The van der Waals surface area contributed by atoms with Crippen molar-refractivity contribution in [2.24, 2.45) is 0 Å². The van der Waals surface area contributed by atoms with Crippen molar-refractivity contribution < 1.29 is 11.0 Å². The monoisotopic (exact) mass is 209 g/mol. The molecule has 2 aromatic rings. The van der Waals surface area contributed by atoms with Gasteiger partial charge < -0.3 is 11.0 Å². The van der Waals surface area contributed by atoms with E-state index in [4.69, 9.17) is 5.41 Å². The summed E-state index contributed by atoms with van der Waals surface area (Å²) in [4.78, 5) is 3.87. The van der Waals surface area contributed by atoms with Crippen LogP contribution in [0.1, 0.15) is 5.56 Å². The summed E-state index contributed by atoms with van der Waals surface area (Å²) in [5, 5.41) is 15.0. The van der Waals surface area contributed by atoms with E-state index < -0.39 is 0 Å². The van der Waals surface area contributed by atoms with Gasteiger partial charge in [0, 0.05) is 18.0 Å². The molecule has 0 saturated heterocycles. The van der Waals surface area contributed by atoms with E-state index in [1.807, 2.05) is 0 Å². The molecule has 2 aromatic heterocycles. The Hall–Kier alpha value is -2.12. The zero-order valence-electron chi connectivity index (χ0n) is 7.75. The molecule has 0 fully saturated rings. The van der Waals surface area contributed by atoms with Gasteiger partial charge >= 0.3 is 0 Å². The largest absolute Gasteiger partial charge is 0.412 e. The Labute approximate surface area is 85.5 Å². The third-order valence-electron chi connectivity index (χ3n) is 1.63. The normalized spacial score (nSPS) is 8.53. The number of nitrogens with one attached hydrogen (secondary N) is 1. The predicted octanol–water partition coefficient (Wildman–Crippen LogP) is -1.10. The molecule has 0 bridgehead atoms. The molecule has 0 radical (unpaired) electrons. The van der Waals surface area contributed by atoms with E-state index in [-0.39, 0.29) is 11.0 Å². The quantitative estimate of drug-likeness (QED) is 0.472. The third kappa shape index (κ3) is 2.66. The van der Waals surface area contributed by atoms with Crippen molar-refractivity contribution in [1.82, 2.24) is 19.7 Å². The lowest BCUT2D eigenvalue weighted by molar-refractivity contribution is 0.823. The van der Waals surface area contributed by atoms with Crippen LogP contribution in [0.4, 0.5) is 0 Å². The maximum atomic E-state index is 7.74. The van der Waals surface area contributed by atoms with Crippen LogP contribution in [0.15, 0.2) is 37.2 Å². The average molecular weight is 209 g/mol. The standard InChI is InChI=1S/C8H7N5.2H2O/c9-8(13-5-11-12-6-13)7-1-3-10-4-2-7;;/h1-6,9H;2*1H2. The molecule has 0 aliphatic heterocycles. The first-order valence-electron chi connectivity index (χ1n) is 3.72. The van der Waals surface area contributed by atoms with Crippen molar-refractivity contribution in [2.45, 2.75) is 0 Å². The van der Waals surface area contributed by atoms with E-state index in [1.165, 1.54) is 17.2 Å². The first-order valence-corrected chi connectivity index (χ1v) is 3.72. The number of aromatic nitrogens is 4. The summed E-state index contributed by atoms with van der Waals surface area (Å²) in [7, 11) is 0. The molecule has 0 spiro atoms. The number of nitrogens with zero attached hydrogens (tertiary/aromatic N) is 4. The van der Waals surface area contributed by atoms with Crippen LogP contribution in [0.2, 0.25) is 0 Å². The second-order valence-electron chi connectivity index (χ2n) is 2.45. The molecule has 5 N–H and O–H groups in total. The number of rotatable bonds is 1. The van der Waals surface area contributed by atoms with Gasteiger partial charge in [-0.1, -0.05) is 0 Å². The number of pyridine rings is 1. The second kappa shape index (κ2) is 5.58. The summed E-state index contributed by atoms with van der Waals surface area (Å²) in [6.45, 7) is 0. The van der Waals surface area contributed by atoms with Crippen molar-refractivity contribution in [3.8, 4) is 0 Å². The molecular weight excluding hydrogens is 198 g/mol. The molecule has 0 aromatic carbocycles. The Morgan fingerprint density at radius 3 is 2.13 bits per heavy atom. The SMILES string of the molecule is N=C(c1ccncc1)n1cnnc1.O.O. The molecule has 0 aliphatic carbocycles. The van der Waals surface area contributed by atoms with Crippen molar-refractivity contribution in [3.05, 3.63) is 42.7 Å². The highest BCUT2D eigenvalue weighted by atomic mass is 16.0. The summed E-state index contributed by atoms with van der Waals surface area (Å²) < 4.78 is 1.54. The van der Waals surface area contributed by atoms with Crippen LogP contribution in [-0.4, -0.2) is 36.5 Å². The Morgan fingerprint density at radius 1 is 1.07 bits per heavy atom. The maximum absolute atomic E-state index is 7.74. The summed E-state index contributed by atoms with van der Waals surface area (Å²) in [6, 6.07) is 3.53. The van der Waals surface area contributed by atoms with Gasteiger partial charge in [0.1, 0.15) is 18.5 Å². The topological polar surface area (TPSA) is 130 Å². The third-order valence-corrected chi connectivity index (χ3v) is 1.63. The fourth-order valence-corrected chi connectivity index (χ4v) is 0.975. The van der Waals surface area contributed by atoms with Gasteiger partial charge in [-0.25, -0.2) is 0 Å². The van der Waals surface area contributed by atoms with Gasteiger partial charge in [-0.2, -0.15) is 0 Å². The highest BCUT2D eigenvalue weighted by Gasteiger charge is 2.01. The minimum atomic E-state index is 0. The fourth-order valence-electron chi connectivity index (χ4n) is 0.975. The zero-order valence-corrected chi connectivity index (χ0v) is 7.75. The van der Waals surface area contributed by atoms with E-state index in [0.717, 1.165) is 5.56 Å². The van der Waals surface area contributed by atoms with Gasteiger partial charge in [0.05, 0.1) is 0 Å². The first-order chi connectivity index (χ1) is 6.38. The van der Waals surface area contributed by atoms with Gasteiger partial charge in [0.2, 0.25) is 0 Å². The molecule has 0 aliphatic rings. The molecule has 2 heterocycles. The van der Waals surface area contributed by atoms with E-state index >= 15 is 0 Å². The van der Waals surface area contributed by atoms with Crippen LogP contribution in [0, 0.1) is 5.41 Å². The second-order valence-corrected chi connectivity index (χ2v) is 2.45. The molecule has 7 heteroatoms. The van der Waals surface area contributed by atoms with Crippen LogP contribution >= 0.6 is 0 Å². The van der Waals surface area contributed by atoms with Gasteiger partial charge in [-0.3, -0.25) is 15.0 Å². The van der Waals surface area contributed by atoms with Crippen molar-refractivity contribution >= 4 is 5.84 Å². The van der Waals surface area contributed by atoms with Crippen molar-refractivity contribution in [3.63, 3.8) is 0 Å². The number of hydrogen-bond donors (Lipinski definition) is 1. The van der Waals surface area contributed by atoms with Crippen LogP contribution in [0.5, 0.6) is 0 Å². The van der Waals surface area contributed by atoms with E-state index in [1.54, 1.807) is 24.5 Å². The predicted molar refractivity (Wildman–Crippen MR) is 53.7 cm³/mol. The summed E-state index contributed by atoms with van der Waals surface area (Å²) in [5.74, 6) is 0.340.